The molecule has 4 heteroatoms. The lowest BCUT2D eigenvalue weighted by atomic mass is 10.1. The first kappa shape index (κ1) is 9.21. The highest BCUT2D eigenvalue weighted by molar-refractivity contribution is 9.11. The molecule has 13 heavy (non-hydrogen) atoms. The average Bonchev–Trinajstić information content (AvgIpc) is 2.45. The fourth-order valence-corrected chi connectivity index (χ4v) is 2.83. The van der Waals surface area contributed by atoms with Gasteiger partial charge in [-0.25, -0.2) is 0 Å². The number of aromatic hydroxyl groups is 1. The zero-order valence-corrected chi connectivity index (χ0v) is 9.77. The summed E-state index contributed by atoms with van der Waals surface area (Å²) in [4.78, 5) is 11.4. The van der Waals surface area contributed by atoms with Crippen molar-refractivity contribution in [3.8, 4) is 5.75 Å². The molecule has 0 fully saturated rings. The molecule has 0 amide bonds. The Kier molecular flexibility index (Phi) is 2.20. The van der Waals surface area contributed by atoms with Gasteiger partial charge in [-0.1, -0.05) is 0 Å². The maximum absolute atomic E-state index is 11.4. The van der Waals surface area contributed by atoms with Crippen LogP contribution in [-0.4, -0.2) is 10.9 Å². The van der Waals surface area contributed by atoms with E-state index in [-0.39, 0.29) is 11.5 Å². The minimum absolute atomic E-state index is 0.149. The Balaban J connectivity index is 2.74. The van der Waals surface area contributed by atoms with Crippen molar-refractivity contribution in [2.24, 2.45) is 0 Å². The molecule has 1 N–H and O–H groups in total. The van der Waals surface area contributed by atoms with Gasteiger partial charge in [-0.05, 0) is 49.9 Å². The fraction of sp³-hybridized carbons (Fsp3) is 0.222. The molecule has 0 radical (unpaired) electrons. The smallest absolute Gasteiger partial charge is 0.163 e. The van der Waals surface area contributed by atoms with Gasteiger partial charge < -0.3 is 5.11 Å². The van der Waals surface area contributed by atoms with E-state index in [2.05, 4.69) is 31.9 Å². The number of benzene rings is 1. The van der Waals surface area contributed by atoms with Crippen molar-refractivity contribution in [2.75, 3.05) is 0 Å². The first-order chi connectivity index (χ1) is 6.11. The largest absolute Gasteiger partial charge is 0.506 e. The van der Waals surface area contributed by atoms with Gasteiger partial charge in [-0.15, -0.1) is 0 Å². The van der Waals surface area contributed by atoms with Crippen molar-refractivity contribution in [3.63, 3.8) is 0 Å². The number of fused-ring (bicyclic) bond motifs is 1. The molecular formula is C9H6Br2O2. The Bertz CT molecular complexity index is 399. The highest BCUT2D eigenvalue weighted by Crippen LogP contribution is 2.40. The van der Waals surface area contributed by atoms with Crippen molar-refractivity contribution < 1.29 is 9.90 Å². The van der Waals surface area contributed by atoms with E-state index < -0.39 is 0 Å². The molecule has 0 saturated heterocycles. The summed E-state index contributed by atoms with van der Waals surface area (Å²) < 4.78 is 1.20. The number of halogens is 2. The Morgan fingerprint density at radius 1 is 1.31 bits per heavy atom. The minimum atomic E-state index is 0.149. The summed E-state index contributed by atoms with van der Waals surface area (Å²) >= 11 is 6.47. The van der Waals surface area contributed by atoms with Crippen LogP contribution < -0.4 is 0 Å². The maximum atomic E-state index is 11.4. The van der Waals surface area contributed by atoms with Gasteiger partial charge in [-0.2, -0.15) is 0 Å². The third kappa shape index (κ3) is 1.32. The van der Waals surface area contributed by atoms with Crippen LogP contribution in [0.15, 0.2) is 15.0 Å². The van der Waals surface area contributed by atoms with Crippen LogP contribution in [0.25, 0.3) is 0 Å². The van der Waals surface area contributed by atoms with Crippen LogP contribution in [0.2, 0.25) is 0 Å². The lowest BCUT2D eigenvalue weighted by molar-refractivity contribution is 0.0994. The lowest BCUT2D eigenvalue weighted by Crippen LogP contribution is -1.91. The van der Waals surface area contributed by atoms with Crippen LogP contribution >= 0.6 is 31.9 Å². The number of hydrogen-bond acceptors (Lipinski definition) is 2. The fourth-order valence-electron chi connectivity index (χ4n) is 1.51. The quantitative estimate of drug-likeness (QED) is 0.800. The van der Waals surface area contributed by atoms with Gasteiger partial charge >= 0.3 is 0 Å². The molecule has 0 aromatic heterocycles. The van der Waals surface area contributed by atoms with E-state index in [1.807, 2.05) is 0 Å². The molecule has 68 valence electrons. The second-order valence-electron chi connectivity index (χ2n) is 2.97. The zero-order valence-electron chi connectivity index (χ0n) is 6.60. The highest BCUT2D eigenvalue weighted by atomic mass is 79.9. The number of carbonyl (C=O) groups is 1. The van der Waals surface area contributed by atoms with Crippen LogP contribution in [0.1, 0.15) is 22.3 Å². The Labute approximate surface area is 92.2 Å². The molecule has 2 rings (SSSR count). The molecule has 1 aromatic carbocycles. The zero-order chi connectivity index (χ0) is 9.59. The monoisotopic (exact) mass is 304 g/mol. The summed E-state index contributed by atoms with van der Waals surface area (Å²) in [5.74, 6) is 0.324. The summed E-state index contributed by atoms with van der Waals surface area (Å²) in [5, 5.41) is 9.55. The third-order valence-electron chi connectivity index (χ3n) is 2.20. The van der Waals surface area contributed by atoms with Crippen LogP contribution in [0, 0.1) is 0 Å². The summed E-state index contributed by atoms with van der Waals surface area (Å²) in [6.07, 6.45) is 1.26. The van der Waals surface area contributed by atoms with Gasteiger partial charge in [0.2, 0.25) is 0 Å². The normalized spacial score (nSPS) is 14.8. The van der Waals surface area contributed by atoms with Crippen molar-refractivity contribution in [3.05, 3.63) is 26.1 Å². The Morgan fingerprint density at radius 3 is 2.69 bits per heavy atom. The van der Waals surface area contributed by atoms with E-state index in [4.69, 9.17) is 0 Å². The predicted molar refractivity (Wildman–Crippen MR) is 56.2 cm³/mol. The number of phenols is 1. The van der Waals surface area contributed by atoms with Gasteiger partial charge in [0, 0.05) is 12.0 Å². The standard InChI is InChI=1S/C9H6Br2O2/c10-6-3-5-4(1-2-7(5)12)8(11)9(6)13/h3,13H,1-2H2. The van der Waals surface area contributed by atoms with Crippen LogP contribution in [0.3, 0.4) is 0 Å². The van der Waals surface area contributed by atoms with Crippen LogP contribution in [0.4, 0.5) is 0 Å². The molecule has 1 aliphatic rings. The molecule has 2 nitrogen and oxygen atoms in total. The number of hydrogen-bond donors (Lipinski definition) is 1. The number of ketones is 1. The summed E-state index contributed by atoms with van der Waals surface area (Å²) in [7, 11) is 0. The number of rotatable bonds is 0. The molecule has 0 heterocycles. The first-order valence-electron chi connectivity index (χ1n) is 3.84. The van der Waals surface area contributed by atoms with Gasteiger partial charge in [0.1, 0.15) is 5.75 Å². The van der Waals surface area contributed by atoms with Crippen molar-refractivity contribution in [1.29, 1.82) is 0 Å². The van der Waals surface area contributed by atoms with E-state index in [1.165, 1.54) is 0 Å². The van der Waals surface area contributed by atoms with Crippen LogP contribution in [0.5, 0.6) is 5.75 Å². The topological polar surface area (TPSA) is 37.3 Å². The summed E-state index contributed by atoms with van der Waals surface area (Å²) in [6.45, 7) is 0. The van der Waals surface area contributed by atoms with E-state index in [1.54, 1.807) is 6.07 Å². The molecule has 0 aliphatic heterocycles. The van der Waals surface area contributed by atoms with Gasteiger partial charge in [0.15, 0.2) is 5.78 Å². The first-order valence-corrected chi connectivity index (χ1v) is 5.43. The molecule has 1 aliphatic carbocycles. The Morgan fingerprint density at radius 2 is 2.00 bits per heavy atom. The molecule has 0 atom stereocenters. The Hall–Kier alpha value is -0.350. The highest BCUT2D eigenvalue weighted by Gasteiger charge is 2.24. The van der Waals surface area contributed by atoms with Gasteiger partial charge in [0.05, 0.1) is 8.95 Å². The van der Waals surface area contributed by atoms with E-state index >= 15 is 0 Å². The molecule has 0 bridgehead atoms. The molecule has 0 unspecified atom stereocenters. The second-order valence-corrected chi connectivity index (χ2v) is 4.62. The van der Waals surface area contributed by atoms with Crippen molar-refractivity contribution >= 4 is 37.6 Å². The van der Waals surface area contributed by atoms with Crippen LogP contribution in [-0.2, 0) is 6.42 Å². The number of phenolic OH excluding ortho intramolecular Hbond substituents is 1. The maximum Gasteiger partial charge on any atom is 0.163 e. The van der Waals surface area contributed by atoms with E-state index in [0.29, 0.717) is 15.4 Å². The SMILES string of the molecule is O=C1CCc2c1cc(Br)c(O)c2Br. The molecular weight excluding hydrogens is 300 g/mol. The van der Waals surface area contributed by atoms with E-state index in [0.717, 1.165) is 17.5 Å². The molecule has 0 saturated carbocycles. The van der Waals surface area contributed by atoms with Gasteiger partial charge in [0.25, 0.3) is 0 Å². The third-order valence-corrected chi connectivity index (χ3v) is 3.66. The minimum Gasteiger partial charge on any atom is -0.506 e. The van der Waals surface area contributed by atoms with Crippen molar-refractivity contribution in [2.45, 2.75) is 12.8 Å². The average molecular weight is 306 g/mol. The second kappa shape index (κ2) is 3.10. The summed E-state index contributed by atoms with van der Waals surface area (Å²) in [6, 6.07) is 1.69. The summed E-state index contributed by atoms with van der Waals surface area (Å²) in [5.41, 5.74) is 1.64. The predicted octanol–water partition coefficient (Wildman–Crippen LogP) is 3.05. The lowest BCUT2D eigenvalue weighted by Gasteiger charge is -2.05. The molecule has 0 spiro atoms. The van der Waals surface area contributed by atoms with E-state index in [9.17, 15) is 9.90 Å². The van der Waals surface area contributed by atoms with Crippen molar-refractivity contribution in [1.82, 2.24) is 0 Å². The number of carbonyl (C=O) groups excluding carboxylic acids is 1. The number of Topliss-reactive ketones (excluding diaryl/α,β-unsaturated/α-hetero) is 1. The van der Waals surface area contributed by atoms with Gasteiger partial charge in [-0.3, -0.25) is 4.79 Å². The molecule has 1 aromatic rings.